The van der Waals surface area contributed by atoms with Gasteiger partial charge in [-0.25, -0.2) is 9.38 Å². The summed E-state index contributed by atoms with van der Waals surface area (Å²) in [5, 5.41) is 5.87. The average Bonchev–Trinajstić information content (AvgIpc) is 3.07. The van der Waals surface area contributed by atoms with Crippen LogP contribution in [0.3, 0.4) is 0 Å². The fourth-order valence-corrected chi connectivity index (χ4v) is 2.44. The maximum Gasteiger partial charge on any atom is 0.131 e. The van der Waals surface area contributed by atoms with Crippen molar-refractivity contribution in [3.63, 3.8) is 0 Å². The molecule has 1 aliphatic heterocycles. The highest BCUT2D eigenvalue weighted by Gasteiger charge is 2.10. The van der Waals surface area contributed by atoms with E-state index in [4.69, 9.17) is 0 Å². The van der Waals surface area contributed by atoms with E-state index < -0.39 is 6.67 Å². The van der Waals surface area contributed by atoms with Crippen LogP contribution in [0.2, 0.25) is 0 Å². The minimum absolute atomic E-state index is 0.229. The Morgan fingerprint density at radius 2 is 1.97 bits per heavy atom. The molecule has 1 aliphatic rings. The Hall–Kier alpha value is -1.97. The maximum absolute atomic E-state index is 12.8. The normalized spacial score (nSPS) is 13.3. The van der Waals surface area contributed by atoms with Gasteiger partial charge in [-0.3, -0.25) is 4.90 Å². The lowest BCUT2D eigenvalue weighted by Gasteiger charge is -2.22. The van der Waals surface area contributed by atoms with E-state index >= 15 is 0 Å². The van der Waals surface area contributed by atoms with E-state index in [0.717, 1.165) is 57.3 Å². The third-order valence-corrected chi connectivity index (χ3v) is 4.28. The summed E-state index contributed by atoms with van der Waals surface area (Å²) in [5.74, 6) is 6.57. The van der Waals surface area contributed by atoms with Crippen molar-refractivity contribution in [2.45, 2.75) is 72.3 Å². The molecule has 1 unspecified atom stereocenters. The fourth-order valence-electron chi connectivity index (χ4n) is 2.44. The molecule has 0 aliphatic carbocycles. The van der Waals surface area contributed by atoms with Crippen molar-refractivity contribution < 1.29 is 4.39 Å². The second-order valence-electron chi connectivity index (χ2n) is 6.81. The molecule has 0 saturated heterocycles. The van der Waals surface area contributed by atoms with Gasteiger partial charge in [0.25, 0.3) is 0 Å². The van der Waals surface area contributed by atoms with Gasteiger partial charge in [-0.15, -0.1) is 0 Å². The van der Waals surface area contributed by atoms with Gasteiger partial charge in [0, 0.05) is 13.6 Å². The van der Waals surface area contributed by atoms with E-state index in [1.165, 1.54) is 0 Å². The summed E-state index contributed by atoms with van der Waals surface area (Å²) < 4.78 is 12.8. The summed E-state index contributed by atoms with van der Waals surface area (Å²) in [6.45, 7) is 13.1. The summed E-state index contributed by atoms with van der Waals surface area (Å²) in [7, 11) is 7.60. The van der Waals surface area contributed by atoms with Crippen LogP contribution in [-0.2, 0) is 0 Å². The standard InChI is InChI=1S/C19H30FN3.C3H7N.C2H7N.C2H6/c1-4-21-15-9-8-12-19(23(3)5-2)14-13-17-10-6-7-11-18(16-20)22-17;1-3-4-2;1-3-2;1-2/h4,11,19,21H,1,5-10,12,15-16H2,2-3H3;3H,1-2H3;3H,1-2H3;1-2H3. The summed E-state index contributed by atoms with van der Waals surface area (Å²) >= 11 is 0. The van der Waals surface area contributed by atoms with E-state index in [1.54, 1.807) is 19.5 Å². The number of nitrogens with one attached hydrogen (secondary N) is 2. The van der Waals surface area contributed by atoms with Gasteiger partial charge < -0.3 is 15.6 Å². The Morgan fingerprint density at radius 1 is 1.34 bits per heavy atom. The van der Waals surface area contributed by atoms with Gasteiger partial charge >= 0.3 is 0 Å². The number of hydrogen-bond donors (Lipinski definition) is 2. The molecule has 1 rings (SSSR count). The Bertz CT molecular complexity index is 554. The van der Waals surface area contributed by atoms with Crippen LogP contribution >= 0.6 is 0 Å². The van der Waals surface area contributed by atoms with Gasteiger partial charge in [0.15, 0.2) is 0 Å². The predicted molar refractivity (Wildman–Crippen MR) is 144 cm³/mol. The molecule has 5 nitrogen and oxygen atoms in total. The van der Waals surface area contributed by atoms with Crippen molar-refractivity contribution in [2.75, 3.05) is 48.0 Å². The van der Waals surface area contributed by atoms with Crippen molar-refractivity contribution in [1.82, 2.24) is 15.5 Å². The molecule has 0 amide bonds. The number of halogens is 1. The van der Waals surface area contributed by atoms with Crippen molar-refractivity contribution >= 4 is 11.9 Å². The number of alkyl halides is 1. The largest absolute Gasteiger partial charge is 0.391 e. The third kappa shape index (κ3) is 22.7. The van der Waals surface area contributed by atoms with Crippen LogP contribution < -0.4 is 10.6 Å². The first-order chi connectivity index (χ1) is 15.5. The molecular weight excluding hydrogens is 401 g/mol. The quantitative estimate of drug-likeness (QED) is 0.286. The number of unbranched alkanes of at least 4 members (excludes halogenated alkanes) is 1. The van der Waals surface area contributed by atoms with Crippen LogP contribution in [0.15, 0.2) is 34.5 Å². The SMILES string of the molecule is C=CNCCCCC(C#CC1=NC(CF)=CCCC1)N(C)CC.CC.CC=NC.CNC. The number of aliphatic imine (C=N–C) groups is 2. The molecule has 186 valence electrons. The van der Waals surface area contributed by atoms with Gasteiger partial charge in [0.05, 0.1) is 17.5 Å². The molecule has 0 radical (unpaired) electrons. The second-order valence-corrected chi connectivity index (χ2v) is 6.81. The zero-order chi connectivity index (χ0) is 25.0. The van der Waals surface area contributed by atoms with E-state index in [0.29, 0.717) is 5.70 Å². The van der Waals surface area contributed by atoms with Crippen LogP contribution in [0, 0.1) is 11.8 Å². The fraction of sp³-hybridized carbons (Fsp3) is 0.692. The first-order valence-electron chi connectivity index (χ1n) is 11.9. The van der Waals surface area contributed by atoms with Crippen LogP contribution in [0.25, 0.3) is 0 Å². The van der Waals surface area contributed by atoms with Gasteiger partial charge in [-0.1, -0.05) is 39.3 Å². The summed E-state index contributed by atoms with van der Waals surface area (Å²) in [6, 6.07) is 0.229. The smallest absolute Gasteiger partial charge is 0.131 e. The molecule has 6 heteroatoms. The predicted octanol–water partition coefficient (Wildman–Crippen LogP) is 5.26. The van der Waals surface area contributed by atoms with E-state index in [9.17, 15) is 4.39 Å². The Kier molecular flexibility index (Phi) is 31.4. The van der Waals surface area contributed by atoms with Gasteiger partial charge in [0.2, 0.25) is 0 Å². The summed E-state index contributed by atoms with van der Waals surface area (Å²) in [5.41, 5.74) is 1.36. The molecule has 0 aromatic heterocycles. The average molecular weight is 452 g/mol. The van der Waals surface area contributed by atoms with E-state index in [2.05, 4.69) is 57.9 Å². The number of rotatable bonds is 9. The second kappa shape index (κ2) is 29.0. The molecule has 1 atom stereocenters. The Balaban J connectivity index is -0.000000802. The lowest BCUT2D eigenvalue weighted by Crippen LogP contribution is -2.30. The Labute approximate surface area is 198 Å². The molecule has 32 heavy (non-hydrogen) atoms. The molecule has 0 saturated carbocycles. The number of allylic oxidation sites excluding steroid dienone is 2. The minimum atomic E-state index is -0.500. The van der Waals surface area contributed by atoms with Crippen molar-refractivity contribution in [1.29, 1.82) is 0 Å². The topological polar surface area (TPSA) is 52.0 Å². The Morgan fingerprint density at radius 3 is 2.47 bits per heavy atom. The third-order valence-electron chi connectivity index (χ3n) is 4.28. The van der Waals surface area contributed by atoms with Crippen molar-refractivity contribution in [3.05, 3.63) is 24.6 Å². The molecular formula is C26H50FN5. The molecule has 0 aromatic carbocycles. The molecule has 2 N–H and O–H groups in total. The van der Waals surface area contributed by atoms with Gasteiger partial charge in [-0.2, -0.15) is 0 Å². The van der Waals surface area contributed by atoms with Crippen molar-refractivity contribution in [3.8, 4) is 11.8 Å². The van der Waals surface area contributed by atoms with E-state index in [-0.39, 0.29) is 6.04 Å². The molecule has 0 spiro atoms. The van der Waals surface area contributed by atoms with Crippen LogP contribution in [0.4, 0.5) is 4.39 Å². The maximum atomic E-state index is 12.8. The summed E-state index contributed by atoms with van der Waals surface area (Å²) in [4.78, 5) is 10.2. The van der Waals surface area contributed by atoms with Gasteiger partial charge in [0.1, 0.15) is 6.67 Å². The zero-order valence-electron chi connectivity index (χ0n) is 22.1. The monoisotopic (exact) mass is 451 g/mol. The zero-order valence-corrected chi connectivity index (χ0v) is 22.1. The van der Waals surface area contributed by atoms with Crippen LogP contribution in [0.1, 0.15) is 66.2 Å². The first kappa shape index (κ1) is 34.6. The van der Waals surface area contributed by atoms with E-state index in [1.807, 2.05) is 40.9 Å². The molecule has 0 aromatic rings. The lowest BCUT2D eigenvalue weighted by atomic mass is 10.1. The first-order valence-corrected chi connectivity index (χ1v) is 11.9. The number of hydrogen-bond acceptors (Lipinski definition) is 5. The van der Waals surface area contributed by atoms with Gasteiger partial charge in [-0.05, 0) is 91.5 Å². The highest BCUT2D eigenvalue weighted by Crippen LogP contribution is 2.12. The lowest BCUT2D eigenvalue weighted by molar-refractivity contribution is 0.287. The molecule has 0 bridgehead atoms. The minimum Gasteiger partial charge on any atom is -0.391 e. The van der Waals surface area contributed by atoms with Crippen molar-refractivity contribution in [2.24, 2.45) is 9.98 Å². The van der Waals surface area contributed by atoms with Crippen LogP contribution in [-0.4, -0.2) is 70.8 Å². The van der Waals surface area contributed by atoms with Crippen LogP contribution in [0.5, 0.6) is 0 Å². The highest BCUT2D eigenvalue weighted by atomic mass is 19.1. The summed E-state index contributed by atoms with van der Waals surface area (Å²) in [6.07, 6.45) is 11.4. The molecule has 0 fully saturated rings. The number of nitrogens with zero attached hydrogens (tertiary/aromatic N) is 3. The highest BCUT2D eigenvalue weighted by molar-refractivity contribution is 6.01. The molecule has 1 heterocycles.